The maximum Gasteiger partial charge on any atom is 0.214 e. The maximum absolute atomic E-state index is 14.1. The lowest BCUT2D eigenvalue weighted by atomic mass is 9.73. The van der Waals surface area contributed by atoms with Gasteiger partial charge in [-0.25, -0.2) is 0 Å². The third-order valence-electron chi connectivity index (χ3n) is 6.52. The van der Waals surface area contributed by atoms with Gasteiger partial charge in [-0.15, -0.1) is 11.8 Å². The Bertz CT molecular complexity index is 1310. The van der Waals surface area contributed by atoms with Gasteiger partial charge in [-0.05, 0) is 83.5 Å². The minimum atomic E-state index is -1.02. The Balaban J connectivity index is 2.00. The van der Waals surface area contributed by atoms with Gasteiger partial charge in [0.2, 0.25) is 5.97 Å². The molecule has 0 unspecified atom stereocenters. The van der Waals surface area contributed by atoms with Crippen LogP contribution in [0.1, 0.15) is 54.0 Å². The quantitative estimate of drug-likeness (QED) is 0.111. The SMILES string of the molecule is C=C(C)/C=C/c1ccc(/C(=C(\c2ccccc2SC)C2CCC2)c2ccc(N)c(C(=N)F)c2)cc1. The molecule has 0 atom stereocenters. The number of nitrogen functional groups attached to an aromatic ring is 1. The topological polar surface area (TPSA) is 49.9 Å². The summed E-state index contributed by atoms with van der Waals surface area (Å²) in [6.07, 6.45) is 9.61. The maximum atomic E-state index is 14.1. The molecule has 178 valence electrons. The lowest BCUT2D eigenvalue weighted by Gasteiger charge is -2.32. The highest BCUT2D eigenvalue weighted by atomic mass is 32.2. The van der Waals surface area contributed by atoms with Crippen molar-refractivity contribution in [1.82, 2.24) is 0 Å². The Morgan fingerprint density at radius 3 is 2.31 bits per heavy atom. The van der Waals surface area contributed by atoms with Gasteiger partial charge in [0.15, 0.2) is 0 Å². The van der Waals surface area contributed by atoms with Crippen molar-refractivity contribution in [2.24, 2.45) is 5.92 Å². The highest BCUT2D eigenvalue weighted by molar-refractivity contribution is 7.98. The molecule has 1 aliphatic rings. The average molecular weight is 483 g/mol. The number of halogens is 1. The lowest BCUT2D eigenvalue weighted by Crippen LogP contribution is -2.16. The third kappa shape index (κ3) is 5.49. The molecule has 0 aliphatic heterocycles. The largest absolute Gasteiger partial charge is 0.398 e. The van der Waals surface area contributed by atoms with E-state index in [1.165, 1.54) is 22.5 Å². The Morgan fingerprint density at radius 2 is 1.71 bits per heavy atom. The molecule has 35 heavy (non-hydrogen) atoms. The normalized spacial score (nSPS) is 14.5. The van der Waals surface area contributed by atoms with Gasteiger partial charge in [0.25, 0.3) is 0 Å². The fourth-order valence-corrected chi connectivity index (χ4v) is 5.11. The zero-order chi connectivity index (χ0) is 24.9. The second-order valence-corrected chi connectivity index (χ2v) is 9.88. The molecule has 0 aromatic heterocycles. The van der Waals surface area contributed by atoms with Crippen molar-refractivity contribution in [2.45, 2.75) is 31.1 Å². The van der Waals surface area contributed by atoms with Crippen LogP contribution in [-0.2, 0) is 0 Å². The molecule has 0 amide bonds. The van der Waals surface area contributed by atoms with E-state index in [0.29, 0.717) is 5.92 Å². The Morgan fingerprint density at radius 1 is 1.03 bits per heavy atom. The van der Waals surface area contributed by atoms with E-state index >= 15 is 0 Å². The highest BCUT2D eigenvalue weighted by Crippen LogP contribution is 2.47. The van der Waals surface area contributed by atoms with Crippen molar-refractivity contribution in [3.05, 3.63) is 113 Å². The molecule has 0 saturated heterocycles. The summed E-state index contributed by atoms with van der Waals surface area (Å²) >= 11 is 1.74. The molecule has 1 fully saturated rings. The monoisotopic (exact) mass is 482 g/mol. The molecule has 0 heterocycles. The minimum Gasteiger partial charge on any atom is -0.398 e. The van der Waals surface area contributed by atoms with E-state index in [1.54, 1.807) is 23.9 Å². The minimum absolute atomic E-state index is 0.132. The number of thioether (sulfide) groups is 1. The number of allylic oxidation sites excluding steroid dienone is 3. The van der Waals surface area contributed by atoms with Gasteiger partial charge in [-0.2, -0.15) is 4.39 Å². The number of nitrogens with two attached hydrogens (primary N) is 1. The fourth-order valence-electron chi connectivity index (χ4n) is 4.50. The molecule has 2 nitrogen and oxygen atoms in total. The zero-order valence-corrected chi connectivity index (χ0v) is 21.1. The van der Waals surface area contributed by atoms with Gasteiger partial charge >= 0.3 is 0 Å². The standard InChI is InChI=1S/C31H31FN2S/c1-20(2)11-12-21-13-15-23(16-14-21)29(24-17-18-27(33)26(19-24)31(32)34)30(22-7-6-8-22)25-9-4-5-10-28(25)35-3/h4-5,9-19,22,34H,1,6-8,33H2,2-3H3/b12-11+,30-29+,34-31?. The molecule has 3 aromatic carbocycles. The number of anilines is 1. The summed E-state index contributed by atoms with van der Waals surface area (Å²) in [6.45, 7) is 5.91. The summed E-state index contributed by atoms with van der Waals surface area (Å²) < 4.78 is 14.1. The summed E-state index contributed by atoms with van der Waals surface area (Å²) in [4.78, 5) is 1.22. The molecule has 0 bridgehead atoms. The van der Waals surface area contributed by atoms with E-state index in [1.807, 2.05) is 19.1 Å². The fraction of sp³-hybridized carbons (Fsp3) is 0.194. The van der Waals surface area contributed by atoms with Crippen LogP contribution >= 0.6 is 11.8 Å². The van der Waals surface area contributed by atoms with E-state index in [9.17, 15) is 4.39 Å². The van der Waals surface area contributed by atoms with Crippen molar-refractivity contribution in [2.75, 3.05) is 12.0 Å². The van der Waals surface area contributed by atoms with E-state index in [-0.39, 0.29) is 11.3 Å². The first-order chi connectivity index (χ1) is 16.9. The van der Waals surface area contributed by atoms with Crippen molar-refractivity contribution in [3.8, 4) is 0 Å². The first-order valence-electron chi connectivity index (χ1n) is 11.8. The van der Waals surface area contributed by atoms with Crippen LogP contribution in [-0.4, -0.2) is 12.2 Å². The Labute approximate surface area is 212 Å². The molecule has 4 rings (SSSR count). The molecular weight excluding hydrogens is 451 g/mol. The molecule has 1 aliphatic carbocycles. The number of hydrogen-bond donors (Lipinski definition) is 2. The van der Waals surface area contributed by atoms with E-state index in [4.69, 9.17) is 11.1 Å². The highest BCUT2D eigenvalue weighted by Gasteiger charge is 2.28. The van der Waals surface area contributed by atoms with Crippen molar-refractivity contribution in [3.63, 3.8) is 0 Å². The van der Waals surface area contributed by atoms with Gasteiger partial charge in [0.1, 0.15) is 0 Å². The first kappa shape index (κ1) is 24.7. The van der Waals surface area contributed by atoms with Crippen LogP contribution in [0.25, 0.3) is 17.2 Å². The van der Waals surface area contributed by atoms with Gasteiger partial charge < -0.3 is 5.73 Å². The van der Waals surface area contributed by atoms with E-state index < -0.39 is 5.97 Å². The van der Waals surface area contributed by atoms with Crippen LogP contribution < -0.4 is 5.73 Å². The molecule has 0 radical (unpaired) electrons. The predicted octanol–water partition coefficient (Wildman–Crippen LogP) is 8.63. The number of benzene rings is 3. The summed E-state index contributed by atoms with van der Waals surface area (Å²) in [6, 6.07) is 22.4. The van der Waals surface area contributed by atoms with Crippen LogP contribution in [0.2, 0.25) is 0 Å². The van der Waals surface area contributed by atoms with Gasteiger partial charge in [0, 0.05) is 10.6 Å². The average Bonchev–Trinajstić information content (AvgIpc) is 2.82. The second kappa shape index (κ2) is 10.9. The number of rotatable bonds is 8. The molecule has 1 saturated carbocycles. The molecule has 0 spiro atoms. The predicted molar refractivity (Wildman–Crippen MR) is 151 cm³/mol. The Hall–Kier alpha value is -3.37. The zero-order valence-electron chi connectivity index (χ0n) is 20.3. The molecule has 3 N–H and O–H groups in total. The van der Waals surface area contributed by atoms with Crippen molar-refractivity contribution < 1.29 is 4.39 Å². The smallest absolute Gasteiger partial charge is 0.214 e. The molecule has 4 heteroatoms. The van der Waals surface area contributed by atoms with Crippen LogP contribution in [0.5, 0.6) is 0 Å². The van der Waals surface area contributed by atoms with Crippen molar-refractivity contribution >= 4 is 40.6 Å². The van der Waals surface area contributed by atoms with Crippen LogP contribution in [0.15, 0.2) is 89.9 Å². The van der Waals surface area contributed by atoms with E-state index in [0.717, 1.165) is 40.7 Å². The van der Waals surface area contributed by atoms with Gasteiger partial charge in [-0.3, -0.25) is 5.41 Å². The molecule has 3 aromatic rings. The van der Waals surface area contributed by atoms with E-state index in [2.05, 4.69) is 67.4 Å². The number of nitrogens with one attached hydrogen (secondary N) is 1. The number of hydrogen-bond acceptors (Lipinski definition) is 3. The second-order valence-electron chi connectivity index (χ2n) is 9.03. The summed E-state index contributed by atoms with van der Waals surface area (Å²) in [7, 11) is 0. The lowest BCUT2D eigenvalue weighted by molar-refractivity contribution is 0.401. The summed E-state index contributed by atoms with van der Waals surface area (Å²) in [5, 5.41) is 7.61. The summed E-state index contributed by atoms with van der Waals surface area (Å²) in [5.74, 6) is -0.592. The van der Waals surface area contributed by atoms with Gasteiger partial charge in [-0.1, -0.05) is 79.3 Å². The van der Waals surface area contributed by atoms with Gasteiger partial charge in [0.05, 0.1) is 5.56 Å². The van der Waals surface area contributed by atoms with Crippen molar-refractivity contribution in [1.29, 1.82) is 5.41 Å². The van der Waals surface area contributed by atoms with Crippen LogP contribution in [0.3, 0.4) is 0 Å². The van der Waals surface area contributed by atoms with Crippen LogP contribution in [0.4, 0.5) is 10.1 Å². The van der Waals surface area contributed by atoms with Crippen LogP contribution in [0, 0.1) is 11.3 Å². The molecular formula is C31H31FN2S. The Kier molecular flexibility index (Phi) is 7.72. The third-order valence-corrected chi connectivity index (χ3v) is 7.31. The summed E-state index contributed by atoms with van der Waals surface area (Å²) in [5.41, 5.74) is 14.0. The first-order valence-corrected chi connectivity index (χ1v) is 13.1.